The Morgan fingerprint density at radius 2 is 2.20 bits per heavy atom. The van der Waals surface area contributed by atoms with Crippen LogP contribution in [0.3, 0.4) is 0 Å². The number of hydrogen-bond donors (Lipinski definition) is 3. The number of aromatic amines is 1. The van der Waals surface area contributed by atoms with Gasteiger partial charge in [0.1, 0.15) is 0 Å². The quantitative estimate of drug-likeness (QED) is 0.465. The van der Waals surface area contributed by atoms with E-state index in [9.17, 15) is 4.79 Å². The molecule has 0 spiro atoms. The lowest BCUT2D eigenvalue weighted by Crippen LogP contribution is -2.09. The topological polar surface area (TPSA) is 74.2 Å². The van der Waals surface area contributed by atoms with Gasteiger partial charge in [-0.3, -0.25) is 4.79 Å². The molecule has 3 N–H and O–H groups in total. The minimum Gasteiger partial charge on any atom is -0.378 e. The molecule has 7 heteroatoms. The number of rotatable bonds is 6. The monoisotopic (exact) mass is 353 g/mol. The van der Waals surface area contributed by atoms with E-state index in [1.165, 1.54) is 11.3 Å². The van der Waals surface area contributed by atoms with Crippen LogP contribution in [-0.2, 0) is 0 Å². The molecule has 3 rings (SSSR count). The Hall–Kier alpha value is -2.85. The van der Waals surface area contributed by atoms with Crippen molar-refractivity contribution in [2.75, 3.05) is 23.7 Å². The highest BCUT2D eigenvalue weighted by Crippen LogP contribution is 2.25. The summed E-state index contributed by atoms with van der Waals surface area (Å²) in [6.07, 6.45) is 0. The van der Waals surface area contributed by atoms with Crippen LogP contribution >= 0.6 is 11.3 Å². The summed E-state index contributed by atoms with van der Waals surface area (Å²) in [5.41, 5.74) is 3.04. The van der Waals surface area contributed by atoms with Crippen molar-refractivity contribution >= 4 is 33.1 Å². The summed E-state index contributed by atoms with van der Waals surface area (Å²) in [6.45, 7) is 11.9. The van der Waals surface area contributed by atoms with Gasteiger partial charge in [-0.15, -0.1) is 11.3 Å². The molecule has 0 amide bonds. The standard InChI is InChI=1S/C18H19N5OS/c1-11(2)21-18-23-16(10-25-18)15-9-17(24)13-5-4-12(8-14(13)22-15)20-7-6-19-3/h4-5,8-11,20H,6-7H2,1-2H3,(H,21,23)(H,22,24). The maximum absolute atomic E-state index is 12.4. The van der Waals surface area contributed by atoms with Crippen LogP contribution in [0, 0.1) is 6.57 Å². The number of nitrogens with zero attached hydrogens (tertiary/aromatic N) is 2. The molecule has 0 aliphatic carbocycles. The molecule has 6 nitrogen and oxygen atoms in total. The lowest BCUT2D eigenvalue weighted by molar-refractivity contribution is 0.896. The van der Waals surface area contributed by atoms with Crippen molar-refractivity contribution in [1.82, 2.24) is 9.97 Å². The van der Waals surface area contributed by atoms with Crippen molar-refractivity contribution in [3.8, 4) is 11.4 Å². The summed E-state index contributed by atoms with van der Waals surface area (Å²) in [6, 6.07) is 7.44. The molecule has 0 radical (unpaired) electrons. The lowest BCUT2D eigenvalue weighted by Gasteiger charge is -2.07. The van der Waals surface area contributed by atoms with Gasteiger partial charge in [-0.1, -0.05) is 0 Å². The molecule has 1 aromatic carbocycles. The number of aromatic nitrogens is 2. The van der Waals surface area contributed by atoms with Crippen molar-refractivity contribution < 1.29 is 0 Å². The Labute approximate surface area is 149 Å². The summed E-state index contributed by atoms with van der Waals surface area (Å²) in [4.78, 5) is 23.6. The zero-order valence-corrected chi connectivity index (χ0v) is 14.9. The fourth-order valence-electron chi connectivity index (χ4n) is 2.47. The van der Waals surface area contributed by atoms with E-state index >= 15 is 0 Å². The van der Waals surface area contributed by atoms with Crippen LogP contribution in [0.15, 0.2) is 34.4 Å². The fraction of sp³-hybridized carbons (Fsp3) is 0.278. The van der Waals surface area contributed by atoms with E-state index in [1.54, 1.807) is 12.1 Å². The number of fused-ring (bicyclic) bond motifs is 1. The fourth-order valence-corrected chi connectivity index (χ4v) is 3.33. The molecule has 0 atom stereocenters. The van der Waals surface area contributed by atoms with Crippen molar-refractivity contribution in [3.63, 3.8) is 0 Å². The summed E-state index contributed by atoms with van der Waals surface area (Å²) in [5, 5.41) is 9.85. The van der Waals surface area contributed by atoms with Gasteiger partial charge in [0.25, 0.3) is 0 Å². The van der Waals surface area contributed by atoms with Gasteiger partial charge in [-0.25, -0.2) is 11.6 Å². The predicted octanol–water partition coefficient (Wildman–Crippen LogP) is 3.80. The highest BCUT2D eigenvalue weighted by molar-refractivity contribution is 7.14. The largest absolute Gasteiger partial charge is 0.378 e. The van der Waals surface area contributed by atoms with Crippen LogP contribution in [-0.4, -0.2) is 29.1 Å². The van der Waals surface area contributed by atoms with Gasteiger partial charge >= 0.3 is 0 Å². The molecule has 0 bridgehead atoms. The van der Waals surface area contributed by atoms with Crippen LogP contribution in [0.5, 0.6) is 0 Å². The number of benzene rings is 1. The normalized spacial score (nSPS) is 10.8. The second-order valence-corrected chi connectivity index (χ2v) is 6.81. The van der Waals surface area contributed by atoms with Gasteiger partial charge in [0, 0.05) is 28.6 Å². The van der Waals surface area contributed by atoms with Crippen LogP contribution in [0.4, 0.5) is 10.8 Å². The zero-order valence-electron chi connectivity index (χ0n) is 14.1. The van der Waals surface area contributed by atoms with Crippen LogP contribution in [0.25, 0.3) is 27.1 Å². The number of nitrogens with one attached hydrogen (secondary N) is 3. The maximum atomic E-state index is 12.4. The van der Waals surface area contributed by atoms with E-state index < -0.39 is 0 Å². The van der Waals surface area contributed by atoms with Crippen molar-refractivity contribution in [2.24, 2.45) is 0 Å². The molecule has 0 saturated carbocycles. The Morgan fingerprint density at radius 3 is 2.96 bits per heavy atom. The second kappa shape index (κ2) is 7.36. The minimum atomic E-state index is -0.0390. The SMILES string of the molecule is [C-]#[N+]CCNc1ccc2c(=O)cc(-c3csc(NC(C)C)n3)[nH]c2c1. The van der Waals surface area contributed by atoms with Gasteiger partial charge in [0.2, 0.25) is 6.54 Å². The van der Waals surface area contributed by atoms with E-state index in [-0.39, 0.29) is 5.43 Å². The van der Waals surface area contributed by atoms with Crippen molar-refractivity contribution in [1.29, 1.82) is 0 Å². The first kappa shape index (κ1) is 17.0. The van der Waals surface area contributed by atoms with Gasteiger partial charge in [0.15, 0.2) is 10.6 Å². The maximum Gasteiger partial charge on any atom is 0.231 e. The second-order valence-electron chi connectivity index (χ2n) is 5.95. The Kier molecular flexibility index (Phi) is 5.00. The lowest BCUT2D eigenvalue weighted by atomic mass is 10.1. The molecule has 128 valence electrons. The number of thiazole rings is 1. The number of H-pyrrole nitrogens is 1. The van der Waals surface area contributed by atoms with Gasteiger partial charge in [0.05, 0.1) is 23.4 Å². The first-order valence-corrected chi connectivity index (χ1v) is 8.91. The highest BCUT2D eigenvalue weighted by Gasteiger charge is 2.09. The summed E-state index contributed by atoms with van der Waals surface area (Å²) in [7, 11) is 0. The third-order valence-electron chi connectivity index (χ3n) is 3.57. The zero-order chi connectivity index (χ0) is 17.8. The van der Waals surface area contributed by atoms with E-state index in [0.717, 1.165) is 22.0 Å². The molecule has 25 heavy (non-hydrogen) atoms. The highest BCUT2D eigenvalue weighted by atomic mass is 32.1. The van der Waals surface area contributed by atoms with Crippen LogP contribution in [0.2, 0.25) is 0 Å². The first-order chi connectivity index (χ1) is 12.1. The van der Waals surface area contributed by atoms with Crippen molar-refractivity contribution in [2.45, 2.75) is 19.9 Å². The summed E-state index contributed by atoms with van der Waals surface area (Å²) >= 11 is 1.52. The third-order valence-corrected chi connectivity index (χ3v) is 4.35. The Morgan fingerprint density at radius 1 is 1.36 bits per heavy atom. The molecule has 2 aromatic heterocycles. The molecule has 3 aromatic rings. The Balaban J connectivity index is 1.95. The molecule has 0 fully saturated rings. The van der Waals surface area contributed by atoms with Gasteiger partial charge in [-0.05, 0) is 32.0 Å². The average Bonchev–Trinajstić information content (AvgIpc) is 3.02. The predicted molar refractivity (Wildman–Crippen MR) is 104 cm³/mol. The van der Waals surface area contributed by atoms with E-state index in [1.807, 2.05) is 17.5 Å². The third kappa shape index (κ3) is 3.98. The molecular formula is C18H19N5OS. The molecular weight excluding hydrogens is 334 g/mol. The van der Waals surface area contributed by atoms with Gasteiger partial charge < -0.3 is 20.5 Å². The smallest absolute Gasteiger partial charge is 0.231 e. The summed E-state index contributed by atoms with van der Waals surface area (Å²) < 4.78 is 0. The molecule has 2 heterocycles. The van der Waals surface area contributed by atoms with E-state index in [0.29, 0.717) is 30.2 Å². The molecule has 0 aliphatic heterocycles. The van der Waals surface area contributed by atoms with Crippen molar-refractivity contribution in [3.05, 3.63) is 51.3 Å². The minimum absolute atomic E-state index is 0.0390. The first-order valence-electron chi connectivity index (χ1n) is 8.03. The van der Waals surface area contributed by atoms with E-state index in [4.69, 9.17) is 6.57 Å². The molecule has 0 unspecified atom stereocenters. The van der Waals surface area contributed by atoms with Gasteiger partial charge in [-0.2, -0.15) is 0 Å². The van der Waals surface area contributed by atoms with Crippen LogP contribution < -0.4 is 16.1 Å². The van der Waals surface area contributed by atoms with E-state index in [2.05, 4.69) is 39.3 Å². The Bertz CT molecular complexity index is 983. The number of pyridine rings is 1. The number of hydrogen-bond acceptors (Lipinski definition) is 5. The molecule has 0 aliphatic rings. The van der Waals surface area contributed by atoms with Crippen LogP contribution in [0.1, 0.15) is 13.8 Å². The average molecular weight is 353 g/mol. The summed E-state index contributed by atoms with van der Waals surface area (Å²) in [5.74, 6) is 0. The number of anilines is 2. The molecule has 0 saturated heterocycles.